The number of pyridine rings is 1. The summed E-state index contributed by atoms with van der Waals surface area (Å²) in [6, 6.07) is 3.78. The molecule has 0 saturated carbocycles. The molecular weight excluding hydrogens is 236 g/mol. The molecule has 0 aromatic carbocycles. The van der Waals surface area contributed by atoms with E-state index in [0.29, 0.717) is 11.6 Å². The van der Waals surface area contributed by atoms with Gasteiger partial charge in [-0.3, -0.25) is 9.78 Å². The van der Waals surface area contributed by atoms with Crippen molar-refractivity contribution in [2.75, 3.05) is 0 Å². The molecule has 0 unspecified atom stereocenters. The van der Waals surface area contributed by atoms with Gasteiger partial charge in [-0.1, -0.05) is 18.3 Å². The van der Waals surface area contributed by atoms with E-state index in [1.807, 2.05) is 19.1 Å². The van der Waals surface area contributed by atoms with Crippen LogP contribution in [0.3, 0.4) is 0 Å². The number of esters is 1. The Bertz CT molecular complexity index is 523. The summed E-state index contributed by atoms with van der Waals surface area (Å²) in [6.07, 6.45) is 3.80. The molecule has 2 aromatic rings. The summed E-state index contributed by atoms with van der Waals surface area (Å²) in [5.74, 6) is -0.267. The number of nitrogens with zero attached hydrogens (tertiary/aromatic N) is 2. The second-order valence-electron chi connectivity index (χ2n) is 3.45. The maximum atomic E-state index is 11.2. The van der Waals surface area contributed by atoms with Crippen LogP contribution < -0.4 is 4.74 Å². The lowest BCUT2D eigenvalue weighted by Crippen LogP contribution is -2.04. The smallest absolute Gasteiger partial charge is 0.312 e. The highest BCUT2D eigenvalue weighted by Crippen LogP contribution is 2.31. The second kappa shape index (κ2) is 5.05. The summed E-state index contributed by atoms with van der Waals surface area (Å²) in [5.41, 5.74) is 1.75. The third kappa shape index (κ3) is 2.68. The fraction of sp³-hybridized carbons (Fsp3) is 0.250. The maximum Gasteiger partial charge on any atom is 0.312 e. The number of rotatable bonds is 3. The molecular formula is C12H12N2O2S. The van der Waals surface area contributed by atoms with E-state index in [2.05, 4.69) is 9.97 Å². The standard InChI is InChI=1S/C12H12N2O2S/c1-3-10(15)16-12-14-11(8(2)17-12)9-5-4-6-13-7-9/h4-7H,3H2,1-2H3. The van der Waals surface area contributed by atoms with Gasteiger partial charge in [0, 0.05) is 29.3 Å². The van der Waals surface area contributed by atoms with Gasteiger partial charge < -0.3 is 4.74 Å². The van der Waals surface area contributed by atoms with E-state index in [-0.39, 0.29) is 5.97 Å². The van der Waals surface area contributed by atoms with Crippen LogP contribution in [0.25, 0.3) is 11.3 Å². The molecule has 5 heteroatoms. The summed E-state index contributed by atoms with van der Waals surface area (Å²) in [6.45, 7) is 3.70. The van der Waals surface area contributed by atoms with Crippen molar-refractivity contribution in [3.63, 3.8) is 0 Å². The number of thiazole rings is 1. The number of aromatic nitrogens is 2. The van der Waals surface area contributed by atoms with E-state index in [4.69, 9.17) is 4.74 Å². The van der Waals surface area contributed by atoms with Gasteiger partial charge in [0.15, 0.2) is 0 Å². The highest BCUT2D eigenvalue weighted by molar-refractivity contribution is 7.13. The number of carbonyl (C=O) groups excluding carboxylic acids is 1. The molecule has 0 amide bonds. The third-order valence-corrected chi connectivity index (χ3v) is 3.05. The van der Waals surface area contributed by atoms with Crippen LogP contribution >= 0.6 is 11.3 Å². The lowest BCUT2D eigenvalue weighted by atomic mass is 10.2. The molecule has 0 fully saturated rings. The lowest BCUT2D eigenvalue weighted by Gasteiger charge is -1.96. The highest BCUT2D eigenvalue weighted by Gasteiger charge is 2.12. The van der Waals surface area contributed by atoms with Crippen molar-refractivity contribution in [3.8, 4) is 16.5 Å². The summed E-state index contributed by atoms with van der Waals surface area (Å²) in [5, 5.41) is 0.396. The predicted molar refractivity (Wildman–Crippen MR) is 66.0 cm³/mol. The lowest BCUT2D eigenvalue weighted by molar-refractivity contribution is -0.134. The molecule has 0 bridgehead atoms. The molecule has 0 aliphatic heterocycles. The topological polar surface area (TPSA) is 52.1 Å². The number of carbonyl (C=O) groups is 1. The van der Waals surface area contributed by atoms with Crippen molar-refractivity contribution in [2.45, 2.75) is 20.3 Å². The largest absolute Gasteiger partial charge is 0.398 e. The van der Waals surface area contributed by atoms with E-state index in [1.54, 1.807) is 19.3 Å². The van der Waals surface area contributed by atoms with Gasteiger partial charge in [0.1, 0.15) is 0 Å². The van der Waals surface area contributed by atoms with Crippen LogP contribution in [0, 0.1) is 6.92 Å². The van der Waals surface area contributed by atoms with Gasteiger partial charge in [0.05, 0.1) is 5.69 Å². The Morgan fingerprint density at radius 2 is 2.35 bits per heavy atom. The van der Waals surface area contributed by atoms with Crippen LogP contribution in [-0.2, 0) is 4.79 Å². The minimum atomic E-state index is -0.267. The number of hydrogen-bond acceptors (Lipinski definition) is 5. The Kier molecular flexibility index (Phi) is 3.49. The third-order valence-electron chi connectivity index (χ3n) is 2.20. The Labute approximate surface area is 103 Å². The van der Waals surface area contributed by atoms with Crippen LogP contribution in [-0.4, -0.2) is 15.9 Å². The van der Waals surface area contributed by atoms with E-state index >= 15 is 0 Å². The molecule has 2 rings (SSSR count). The normalized spacial score (nSPS) is 10.2. The Hall–Kier alpha value is -1.75. The minimum absolute atomic E-state index is 0.267. The summed E-state index contributed by atoms with van der Waals surface area (Å²) < 4.78 is 5.09. The first kappa shape index (κ1) is 11.7. The van der Waals surface area contributed by atoms with Crippen molar-refractivity contribution in [2.24, 2.45) is 0 Å². The van der Waals surface area contributed by atoms with E-state index < -0.39 is 0 Å². The molecule has 17 heavy (non-hydrogen) atoms. The van der Waals surface area contributed by atoms with E-state index in [1.165, 1.54) is 11.3 Å². The monoisotopic (exact) mass is 248 g/mol. The number of ether oxygens (including phenoxy) is 1. The van der Waals surface area contributed by atoms with E-state index in [0.717, 1.165) is 16.1 Å². The first-order chi connectivity index (χ1) is 8.20. The van der Waals surface area contributed by atoms with Crippen LogP contribution in [0.2, 0.25) is 0 Å². The molecule has 0 atom stereocenters. The Morgan fingerprint density at radius 3 is 3.00 bits per heavy atom. The van der Waals surface area contributed by atoms with Gasteiger partial charge in [-0.25, -0.2) is 4.98 Å². The Morgan fingerprint density at radius 1 is 1.53 bits per heavy atom. The minimum Gasteiger partial charge on any atom is -0.398 e. The summed E-state index contributed by atoms with van der Waals surface area (Å²) >= 11 is 1.37. The average molecular weight is 248 g/mol. The van der Waals surface area contributed by atoms with E-state index in [9.17, 15) is 4.79 Å². The summed E-state index contributed by atoms with van der Waals surface area (Å²) in [4.78, 5) is 20.5. The number of hydrogen-bond donors (Lipinski definition) is 0. The average Bonchev–Trinajstić information content (AvgIpc) is 2.71. The van der Waals surface area contributed by atoms with Crippen molar-refractivity contribution >= 4 is 17.3 Å². The first-order valence-corrected chi connectivity index (χ1v) is 6.11. The molecule has 4 nitrogen and oxygen atoms in total. The van der Waals surface area contributed by atoms with Gasteiger partial charge in [-0.05, 0) is 19.1 Å². The molecule has 0 saturated heterocycles. The molecule has 2 aromatic heterocycles. The molecule has 88 valence electrons. The molecule has 0 radical (unpaired) electrons. The zero-order valence-electron chi connectivity index (χ0n) is 9.64. The molecule has 0 N–H and O–H groups in total. The second-order valence-corrected chi connectivity index (χ2v) is 4.62. The van der Waals surface area contributed by atoms with Crippen molar-refractivity contribution in [1.29, 1.82) is 0 Å². The van der Waals surface area contributed by atoms with Crippen molar-refractivity contribution < 1.29 is 9.53 Å². The zero-order chi connectivity index (χ0) is 12.3. The highest BCUT2D eigenvalue weighted by atomic mass is 32.1. The van der Waals surface area contributed by atoms with Gasteiger partial charge in [-0.2, -0.15) is 0 Å². The fourth-order valence-corrected chi connectivity index (χ4v) is 2.15. The van der Waals surface area contributed by atoms with Crippen LogP contribution in [0.5, 0.6) is 5.19 Å². The molecule has 2 heterocycles. The zero-order valence-corrected chi connectivity index (χ0v) is 10.5. The fourth-order valence-electron chi connectivity index (χ4n) is 1.36. The van der Waals surface area contributed by atoms with Gasteiger partial charge in [-0.15, -0.1) is 0 Å². The SMILES string of the molecule is CCC(=O)Oc1nc(-c2cccnc2)c(C)s1. The molecule has 0 aliphatic rings. The van der Waals surface area contributed by atoms with Crippen LogP contribution in [0.4, 0.5) is 0 Å². The van der Waals surface area contributed by atoms with Crippen LogP contribution in [0.1, 0.15) is 18.2 Å². The number of aryl methyl sites for hydroxylation is 1. The van der Waals surface area contributed by atoms with Crippen molar-refractivity contribution in [3.05, 3.63) is 29.4 Å². The van der Waals surface area contributed by atoms with Crippen LogP contribution in [0.15, 0.2) is 24.5 Å². The first-order valence-electron chi connectivity index (χ1n) is 5.29. The summed E-state index contributed by atoms with van der Waals surface area (Å²) in [7, 11) is 0. The van der Waals surface area contributed by atoms with Gasteiger partial charge in [0.2, 0.25) is 0 Å². The molecule has 0 aliphatic carbocycles. The van der Waals surface area contributed by atoms with Crippen molar-refractivity contribution in [1.82, 2.24) is 9.97 Å². The maximum absolute atomic E-state index is 11.2. The predicted octanol–water partition coefficient (Wildman–Crippen LogP) is 2.83. The van der Waals surface area contributed by atoms with Gasteiger partial charge >= 0.3 is 5.97 Å². The Balaban J connectivity index is 2.28. The van der Waals surface area contributed by atoms with Gasteiger partial charge in [0.25, 0.3) is 5.19 Å². The molecule has 0 spiro atoms. The quantitative estimate of drug-likeness (QED) is 0.784.